The number of fused-ring (bicyclic) bond motifs is 8. The molecule has 2 heterocycles. The van der Waals surface area contributed by atoms with Crippen LogP contribution in [-0.4, -0.2) is 9.13 Å². The van der Waals surface area contributed by atoms with E-state index in [4.69, 9.17) is 0 Å². The molecule has 14 aromatic carbocycles. The molecule has 0 unspecified atom stereocenters. The Morgan fingerprint density at radius 3 is 1.11 bits per heavy atom. The van der Waals surface area contributed by atoms with Crippen molar-refractivity contribution in [3.05, 3.63) is 328 Å². The van der Waals surface area contributed by atoms with Crippen LogP contribution < -0.4 is 9.80 Å². The van der Waals surface area contributed by atoms with Crippen LogP contribution in [0.5, 0.6) is 0 Å². The number of para-hydroxylation sites is 5. The average Bonchev–Trinajstić information content (AvgIpc) is 2.37. The minimum atomic E-state index is 1.09. The van der Waals surface area contributed by atoms with E-state index in [0.717, 1.165) is 56.6 Å². The van der Waals surface area contributed by atoms with Crippen molar-refractivity contribution < 1.29 is 0 Å². The molecule has 0 aliphatic heterocycles. The lowest BCUT2D eigenvalue weighted by Crippen LogP contribution is -2.10. The summed E-state index contributed by atoms with van der Waals surface area (Å²) in [4.78, 5) is 4.74. The molecular weight excluding hydrogens is 1020 g/mol. The average molecular weight is 1070 g/mol. The molecule has 394 valence electrons. The zero-order valence-electron chi connectivity index (χ0n) is 46.0. The zero-order valence-corrected chi connectivity index (χ0v) is 46.0. The predicted octanol–water partition coefficient (Wildman–Crippen LogP) is 22.1. The maximum atomic E-state index is 2.42. The van der Waals surface area contributed by atoms with E-state index < -0.39 is 0 Å². The SMILES string of the molecule is c1ccc(N(c2ccc(-c3ccc(N(c4ccccc4)c4cccc5cc(-c6cccc7c6c6ccccc6n7-c6ccc(-c7ccc(-n8c9ccccc9c9ccccc98)cc7)cc6)ccc45)cc3)cc2)c2cccc3ccccc23)cc1. The predicted molar refractivity (Wildman–Crippen MR) is 356 cm³/mol. The Balaban J connectivity index is 0.712. The summed E-state index contributed by atoms with van der Waals surface area (Å²) in [5, 5.41) is 9.79. The van der Waals surface area contributed by atoms with Gasteiger partial charge in [-0.05, 0) is 159 Å². The molecule has 0 spiro atoms. The van der Waals surface area contributed by atoms with Gasteiger partial charge in [-0.15, -0.1) is 0 Å². The highest BCUT2D eigenvalue weighted by Gasteiger charge is 2.21. The first kappa shape index (κ1) is 48.7. The van der Waals surface area contributed by atoms with Gasteiger partial charge in [-0.2, -0.15) is 0 Å². The van der Waals surface area contributed by atoms with Crippen molar-refractivity contribution in [1.82, 2.24) is 9.13 Å². The van der Waals surface area contributed by atoms with Crippen molar-refractivity contribution in [2.45, 2.75) is 0 Å². The Kier molecular flexibility index (Phi) is 11.8. The lowest BCUT2D eigenvalue weighted by molar-refractivity contribution is 1.18. The van der Waals surface area contributed by atoms with Crippen molar-refractivity contribution in [3.63, 3.8) is 0 Å². The molecule has 2 aromatic heterocycles. The molecule has 16 aromatic rings. The molecule has 0 N–H and O–H groups in total. The highest BCUT2D eigenvalue weighted by atomic mass is 15.1. The van der Waals surface area contributed by atoms with E-state index in [9.17, 15) is 0 Å². The monoisotopic (exact) mass is 1070 g/mol. The van der Waals surface area contributed by atoms with Gasteiger partial charge in [0.1, 0.15) is 0 Å². The Morgan fingerprint density at radius 1 is 0.214 bits per heavy atom. The number of hydrogen-bond donors (Lipinski definition) is 0. The topological polar surface area (TPSA) is 16.3 Å². The maximum Gasteiger partial charge on any atom is 0.0547 e. The molecule has 0 aliphatic carbocycles. The van der Waals surface area contributed by atoms with Crippen LogP contribution >= 0.6 is 0 Å². The van der Waals surface area contributed by atoms with Gasteiger partial charge < -0.3 is 18.9 Å². The summed E-state index contributed by atoms with van der Waals surface area (Å²) in [5.41, 5.74) is 20.8. The number of aromatic nitrogens is 2. The number of nitrogens with zero attached hydrogens (tertiary/aromatic N) is 4. The van der Waals surface area contributed by atoms with Crippen LogP contribution in [0.25, 0.3) is 110 Å². The quantitative estimate of drug-likeness (QED) is 0.128. The van der Waals surface area contributed by atoms with Gasteiger partial charge in [0.05, 0.1) is 33.4 Å². The third-order valence-corrected chi connectivity index (χ3v) is 16.9. The minimum absolute atomic E-state index is 1.09. The van der Waals surface area contributed by atoms with E-state index >= 15 is 0 Å². The van der Waals surface area contributed by atoms with Crippen LogP contribution in [0.1, 0.15) is 0 Å². The fraction of sp³-hybridized carbons (Fsp3) is 0. The van der Waals surface area contributed by atoms with Gasteiger partial charge in [-0.25, -0.2) is 0 Å². The van der Waals surface area contributed by atoms with Crippen molar-refractivity contribution in [3.8, 4) is 44.8 Å². The molecule has 4 heteroatoms. The first-order valence-corrected chi connectivity index (χ1v) is 28.8. The van der Waals surface area contributed by atoms with Gasteiger partial charge in [0.15, 0.2) is 0 Å². The number of anilines is 6. The molecule has 0 bridgehead atoms. The Bertz CT molecular complexity index is 5040. The second kappa shape index (κ2) is 20.4. The highest BCUT2D eigenvalue weighted by Crippen LogP contribution is 2.45. The molecule has 0 fully saturated rings. The van der Waals surface area contributed by atoms with Gasteiger partial charge in [0.25, 0.3) is 0 Å². The number of benzene rings is 14. The molecule has 0 aliphatic rings. The Morgan fingerprint density at radius 2 is 0.571 bits per heavy atom. The zero-order chi connectivity index (χ0) is 55.5. The second-order valence-corrected chi connectivity index (χ2v) is 21.7. The summed E-state index contributed by atoms with van der Waals surface area (Å²) in [6.45, 7) is 0. The first-order valence-electron chi connectivity index (χ1n) is 28.8. The molecule has 0 radical (unpaired) electrons. The van der Waals surface area contributed by atoms with Crippen molar-refractivity contribution >= 4 is 99.3 Å². The van der Waals surface area contributed by atoms with E-state index in [1.807, 2.05) is 0 Å². The summed E-state index contributed by atoms with van der Waals surface area (Å²) in [6.07, 6.45) is 0. The summed E-state index contributed by atoms with van der Waals surface area (Å²) in [5.74, 6) is 0. The van der Waals surface area contributed by atoms with E-state index in [0.29, 0.717) is 0 Å². The maximum absolute atomic E-state index is 2.42. The Hall–Kier alpha value is -11.2. The summed E-state index contributed by atoms with van der Waals surface area (Å²) >= 11 is 0. The molecule has 0 saturated carbocycles. The standard InChI is InChI=1S/C80H54N4/c1-3-21-62(22-4-1)81(74-33-15-19-59-18-7-8-25-68(59)74)64-45-36-55(37-46-64)56-38-47-65(48-39-56)82(63-23-5-2-6-24-63)75-34-16-20-60-54-61(44-53-69(60)75)70-29-17-35-79-80(70)73-28-11-14-32-78(73)84(79)67-51-42-58(43-52-67)57-40-49-66(50-41-57)83-76-30-12-9-26-71(76)72-27-10-13-31-77(72)83/h1-54H. The molecule has 0 saturated heterocycles. The third-order valence-electron chi connectivity index (χ3n) is 16.9. The van der Waals surface area contributed by atoms with Crippen LogP contribution in [0.2, 0.25) is 0 Å². The molecule has 4 nitrogen and oxygen atoms in total. The molecular formula is C80H54N4. The molecule has 0 atom stereocenters. The first-order chi connectivity index (χ1) is 41.7. The van der Waals surface area contributed by atoms with E-state index in [-0.39, 0.29) is 0 Å². The van der Waals surface area contributed by atoms with Crippen LogP contribution in [0, 0.1) is 0 Å². The summed E-state index contributed by atoms with van der Waals surface area (Å²) in [6, 6.07) is 119. The van der Waals surface area contributed by atoms with E-state index in [2.05, 4.69) is 347 Å². The highest BCUT2D eigenvalue weighted by molar-refractivity contribution is 6.16. The second-order valence-electron chi connectivity index (χ2n) is 21.7. The number of hydrogen-bond acceptors (Lipinski definition) is 2. The largest absolute Gasteiger partial charge is 0.310 e. The molecule has 84 heavy (non-hydrogen) atoms. The van der Waals surface area contributed by atoms with Crippen molar-refractivity contribution in [1.29, 1.82) is 0 Å². The lowest BCUT2D eigenvalue weighted by Gasteiger charge is -2.27. The summed E-state index contributed by atoms with van der Waals surface area (Å²) in [7, 11) is 0. The van der Waals surface area contributed by atoms with Crippen LogP contribution in [0.4, 0.5) is 34.1 Å². The van der Waals surface area contributed by atoms with Crippen LogP contribution in [0.15, 0.2) is 328 Å². The minimum Gasteiger partial charge on any atom is -0.310 e. The summed E-state index contributed by atoms with van der Waals surface area (Å²) < 4.78 is 4.80. The van der Waals surface area contributed by atoms with Gasteiger partial charge in [0.2, 0.25) is 0 Å². The van der Waals surface area contributed by atoms with Crippen molar-refractivity contribution in [2.75, 3.05) is 9.80 Å². The van der Waals surface area contributed by atoms with Crippen LogP contribution in [0.3, 0.4) is 0 Å². The van der Waals surface area contributed by atoms with Crippen LogP contribution in [-0.2, 0) is 0 Å². The van der Waals surface area contributed by atoms with Gasteiger partial charge in [-0.1, -0.05) is 212 Å². The fourth-order valence-corrected chi connectivity index (χ4v) is 13.0. The fourth-order valence-electron chi connectivity index (χ4n) is 13.0. The smallest absolute Gasteiger partial charge is 0.0547 e. The van der Waals surface area contributed by atoms with Gasteiger partial charge in [-0.3, -0.25) is 0 Å². The van der Waals surface area contributed by atoms with Gasteiger partial charge in [0, 0.05) is 66.4 Å². The normalized spacial score (nSPS) is 11.6. The molecule has 16 rings (SSSR count). The van der Waals surface area contributed by atoms with E-state index in [1.165, 1.54) is 87.4 Å². The number of rotatable bonds is 11. The van der Waals surface area contributed by atoms with E-state index in [1.54, 1.807) is 0 Å². The molecule has 0 amide bonds. The Labute approximate surface area is 487 Å². The van der Waals surface area contributed by atoms with Gasteiger partial charge >= 0.3 is 0 Å². The lowest BCUT2D eigenvalue weighted by atomic mass is 9.96. The third kappa shape index (κ3) is 8.30. The van der Waals surface area contributed by atoms with Crippen molar-refractivity contribution in [2.24, 2.45) is 0 Å².